The van der Waals surface area contributed by atoms with Crippen molar-refractivity contribution >= 4 is 5.91 Å². The quantitative estimate of drug-likeness (QED) is 0.856. The third-order valence-electron chi connectivity index (χ3n) is 3.25. The summed E-state index contributed by atoms with van der Waals surface area (Å²) >= 11 is 0. The van der Waals surface area contributed by atoms with Crippen LogP contribution in [-0.2, 0) is 4.79 Å². The zero-order valence-electron chi connectivity index (χ0n) is 10.1. The minimum absolute atomic E-state index is 0.101. The monoisotopic (exact) mass is 254 g/mol. The highest BCUT2D eigenvalue weighted by Crippen LogP contribution is 2.48. The second-order valence-electron chi connectivity index (χ2n) is 4.74. The van der Waals surface area contributed by atoms with Crippen molar-refractivity contribution in [3.63, 3.8) is 0 Å². The predicted octanol–water partition coefficient (Wildman–Crippen LogP) is 1.53. The normalized spacial score (nSPS) is 23.6. The molecule has 1 amide bonds. The van der Waals surface area contributed by atoms with Crippen molar-refractivity contribution in [2.75, 3.05) is 6.54 Å². The van der Waals surface area contributed by atoms with Crippen LogP contribution >= 0.6 is 0 Å². The minimum atomic E-state index is -0.867. The Balaban J connectivity index is 2.03. The zero-order chi connectivity index (χ0) is 13.3. The van der Waals surface area contributed by atoms with Crippen molar-refractivity contribution in [3.8, 4) is 0 Å². The Morgan fingerprint density at radius 1 is 1.56 bits per heavy atom. The number of nitrogens with two attached hydrogens (primary N) is 1. The molecular weight excluding hydrogens is 238 g/mol. The third-order valence-corrected chi connectivity index (χ3v) is 3.25. The first kappa shape index (κ1) is 13.0. The van der Waals surface area contributed by atoms with Crippen molar-refractivity contribution in [2.24, 2.45) is 11.7 Å². The summed E-state index contributed by atoms with van der Waals surface area (Å²) in [6.07, 6.45) is 0.559. The molecule has 0 heterocycles. The molecule has 1 fully saturated rings. The molecule has 0 bridgehead atoms. The summed E-state index contributed by atoms with van der Waals surface area (Å²) in [6, 6.07) is 3.97. The lowest BCUT2D eigenvalue weighted by Crippen LogP contribution is -2.38. The van der Waals surface area contributed by atoms with Crippen LogP contribution in [0.2, 0.25) is 0 Å². The highest BCUT2D eigenvalue weighted by atomic mass is 19.2. The van der Waals surface area contributed by atoms with Gasteiger partial charge in [-0.05, 0) is 30.9 Å². The van der Waals surface area contributed by atoms with E-state index in [1.54, 1.807) is 6.92 Å². The Bertz CT molecular complexity index is 464. The molecule has 2 rings (SSSR count). The van der Waals surface area contributed by atoms with Crippen LogP contribution in [0, 0.1) is 17.6 Å². The van der Waals surface area contributed by atoms with E-state index >= 15 is 0 Å². The Morgan fingerprint density at radius 2 is 2.28 bits per heavy atom. The number of hydrogen-bond acceptors (Lipinski definition) is 2. The van der Waals surface area contributed by atoms with E-state index < -0.39 is 11.6 Å². The first-order valence-electron chi connectivity index (χ1n) is 5.99. The molecule has 3 N–H and O–H groups in total. The van der Waals surface area contributed by atoms with Crippen LogP contribution < -0.4 is 11.1 Å². The van der Waals surface area contributed by atoms with E-state index in [9.17, 15) is 13.6 Å². The fourth-order valence-corrected chi connectivity index (χ4v) is 2.04. The smallest absolute Gasteiger partial charge is 0.224 e. The highest BCUT2D eigenvalue weighted by molar-refractivity contribution is 5.83. The van der Waals surface area contributed by atoms with Crippen LogP contribution in [0.25, 0.3) is 0 Å². The SMILES string of the molecule is C[C@@H](CN)NC(=O)C1CC1c1cccc(F)c1F. The van der Waals surface area contributed by atoms with Crippen LogP contribution in [0.1, 0.15) is 24.8 Å². The summed E-state index contributed by atoms with van der Waals surface area (Å²) < 4.78 is 26.6. The molecule has 1 aliphatic rings. The van der Waals surface area contributed by atoms with E-state index in [1.807, 2.05) is 0 Å². The number of hydrogen-bond donors (Lipinski definition) is 2. The van der Waals surface area contributed by atoms with Crippen molar-refractivity contribution in [1.29, 1.82) is 0 Å². The Labute approximate surface area is 104 Å². The molecule has 3 nitrogen and oxygen atoms in total. The molecule has 0 radical (unpaired) electrons. The lowest BCUT2D eigenvalue weighted by atomic mass is 10.1. The number of amides is 1. The summed E-state index contributed by atoms with van der Waals surface area (Å²) in [5, 5.41) is 2.75. The van der Waals surface area contributed by atoms with Gasteiger partial charge in [-0.3, -0.25) is 4.79 Å². The van der Waals surface area contributed by atoms with Crippen LogP contribution in [-0.4, -0.2) is 18.5 Å². The second kappa shape index (κ2) is 5.02. The van der Waals surface area contributed by atoms with Crippen molar-refractivity contribution in [3.05, 3.63) is 35.4 Å². The second-order valence-corrected chi connectivity index (χ2v) is 4.74. The van der Waals surface area contributed by atoms with Crippen molar-refractivity contribution < 1.29 is 13.6 Å². The average Bonchev–Trinajstić information content (AvgIpc) is 3.12. The number of benzene rings is 1. The summed E-state index contributed by atoms with van der Waals surface area (Å²) in [7, 11) is 0. The molecule has 1 aromatic rings. The van der Waals surface area contributed by atoms with Gasteiger partial charge in [-0.15, -0.1) is 0 Å². The maximum atomic E-state index is 13.5. The first-order chi connectivity index (χ1) is 8.54. The molecule has 0 spiro atoms. The van der Waals surface area contributed by atoms with E-state index in [-0.39, 0.29) is 29.3 Å². The van der Waals surface area contributed by atoms with Gasteiger partial charge < -0.3 is 11.1 Å². The van der Waals surface area contributed by atoms with Crippen LogP contribution in [0.15, 0.2) is 18.2 Å². The summed E-state index contributed by atoms with van der Waals surface area (Å²) in [5.74, 6) is -2.33. The Kier molecular flexibility index (Phi) is 3.61. The third kappa shape index (κ3) is 2.51. The number of rotatable bonds is 4. The van der Waals surface area contributed by atoms with Crippen LogP contribution in [0.4, 0.5) is 8.78 Å². The lowest BCUT2D eigenvalue weighted by Gasteiger charge is -2.11. The molecule has 0 aliphatic heterocycles. The van der Waals surface area contributed by atoms with E-state index in [2.05, 4.69) is 5.32 Å². The number of carbonyl (C=O) groups is 1. The molecule has 3 atom stereocenters. The van der Waals surface area contributed by atoms with Gasteiger partial charge in [0.2, 0.25) is 5.91 Å². The van der Waals surface area contributed by atoms with Gasteiger partial charge in [0.05, 0.1) is 0 Å². The largest absolute Gasteiger partial charge is 0.352 e. The van der Waals surface area contributed by atoms with E-state index in [0.29, 0.717) is 13.0 Å². The van der Waals surface area contributed by atoms with Gasteiger partial charge in [-0.2, -0.15) is 0 Å². The molecule has 1 aromatic carbocycles. The number of halogens is 2. The van der Waals surface area contributed by atoms with Crippen LogP contribution in [0.5, 0.6) is 0 Å². The highest BCUT2D eigenvalue weighted by Gasteiger charge is 2.45. The number of carbonyl (C=O) groups excluding carboxylic acids is 1. The van der Waals surface area contributed by atoms with Crippen molar-refractivity contribution in [2.45, 2.75) is 25.3 Å². The molecule has 98 valence electrons. The maximum Gasteiger partial charge on any atom is 0.224 e. The maximum absolute atomic E-state index is 13.5. The number of nitrogens with one attached hydrogen (secondary N) is 1. The fourth-order valence-electron chi connectivity index (χ4n) is 2.04. The molecule has 18 heavy (non-hydrogen) atoms. The Morgan fingerprint density at radius 3 is 2.94 bits per heavy atom. The lowest BCUT2D eigenvalue weighted by molar-refractivity contribution is -0.122. The van der Waals surface area contributed by atoms with Gasteiger partial charge in [0, 0.05) is 18.5 Å². The summed E-state index contributed by atoms with van der Waals surface area (Å²) in [4.78, 5) is 11.8. The fraction of sp³-hybridized carbons (Fsp3) is 0.462. The van der Waals surface area contributed by atoms with Crippen LogP contribution in [0.3, 0.4) is 0 Å². The average molecular weight is 254 g/mol. The summed E-state index contributed by atoms with van der Waals surface area (Å²) in [5.41, 5.74) is 5.69. The zero-order valence-corrected chi connectivity index (χ0v) is 10.1. The first-order valence-corrected chi connectivity index (χ1v) is 5.99. The van der Waals surface area contributed by atoms with Gasteiger partial charge in [-0.1, -0.05) is 12.1 Å². The molecule has 1 aliphatic carbocycles. The van der Waals surface area contributed by atoms with Gasteiger partial charge in [0.25, 0.3) is 0 Å². The minimum Gasteiger partial charge on any atom is -0.352 e. The predicted molar refractivity (Wildman–Crippen MR) is 63.9 cm³/mol. The van der Waals surface area contributed by atoms with Gasteiger partial charge >= 0.3 is 0 Å². The van der Waals surface area contributed by atoms with Gasteiger partial charge in [0.1, 0.15) is 0 Å². The topological polar surface area (TPSA) is 55.1 Å². The molecule has 1 saturated carbocycles. The van der Waals surface area contributed by atoms with Gasteiger partial charge in [0.15, 0.2) is 11.6 Å². The molecule has 2 unspecified atom stereocenters. The standard InChI is InChI=1S/C13H16F2N2O/c1-7(6-16)17-13(18)10-5-9(10)8-3-2-4-11(14)12(8)15/h2-4,7,9-10H,5-6,16H2,1H3,(H,17,18)/t7-,9?,10?/m0/s1. The van der Waals surface area contributed by atoms with Crippen molar-refractivity contribution in [1.82, 2.24) is 5.32 Å². The van der Waals surface area contributed by atoms with E-state index in [1.165, 1.54) is 12.1 Å². The Hall–Kier alpha value is -1.49. The summed E-state index contributed by atoms with van der Waals surface area (Å²) in [6.45, 7) is 2.16. The van der Waals surface area contributed by atoms with Gasteiger partial charge in [-0.25, -0.2) is 8.78 Å². The van der Waals surface area contributed by atoms with E-state index in [0.717, 1.165) is 6.07 Å². The molecule has 0 aromatic heterocycles. The molecular formula is C13H16F2N2O. The molecule has 0 saturated heterocycles. The van der Waals surface area contributed by atoms with E-state index in [4.69, 9.17) is 5.73 Å². The molecule has 5 heteroatoms.